The Morgan fingerprint density at radius 1 is 1.16 bits per heavy atom. The van der Waals surface area contributed by atoms with Crippen LogP contribution in [0.3, 0.4) is 0 Å². The van der Waals surface area contributed by atoms with Crippen LogP contribution in [0, 0.1) is 6.92 Å². The van der Waals surface area contributed by atoms with Crippen molar-refractivity contribution in [3.05, 3.63) is 58.7 Å². The van der Waals surface area contributed by atoms with E-state index >= 15 is 0 Å². The van der Waals surface area contributed by atoms with E-state index in [9.17, 15) is 0 Å². The van der Waals surface area contributed by atoms with E-state index in [1.54, 1.807) is 7.11 Å². The number of fused-ring (bicyclic) bond motifs is 5. The third-order valence-corrected chi connectivity index (χ3v) is 4.51. The molecule has 2 aromatic rings. The van der Waals surface area contributed by atoms with Gasteiger partial charge < -0.3 is 10.1 Å². The van der Waals surface area contributed by atoms with Crippen LogP contribution in [0.15, 0.2) is 36.4 Å². The Bertz CT molecular complexity index is 662. The number of benzene rings is 2. The molecule has 0 bridgehead atoms. The fourth-order valence-corrected chi connectivity index (χ4v) is 3.61. The van der Waals surface area contributed by atoms with E-state index in [-0.39, 0.29) is 0 Å². The van der Waals surface area contributed by atoms with E-state index in [1.165, 1.54) is 27.9 Å². The molecular weight excluding hydrogens is 234 g/mol. The Hall–Kier alpha value is -1.96. The molecule has 0 radical (unpaired) electrons. The van der Waals surface area contributed by atoms with Crippen LogP contribution in [0.2, 0.25) is 0 Å². The SMILES string of the molecule is COc1cc(C)c2c(c1)C1Cc3ccccc3C1N2. The Morgan fingerprint density at radius 2 is 2.00 bits per heavy atom. The lowest BCUT2D eigenvalue weighted by atomic mass is 9.94. The van der Waals surface area contributed by atoms with Crippen LogP contribution in [0.4, 0.5) is 5.69 Å². The van der Waals surface area contributed by atoms with Crippen molar-refractivity contribution in [2.75, 3.05) is 12.4 Å². The maximum Gasteiger partial charge on any atom is 0.119 e. The molecule has 2 heteroatoms. The second-order valence-corrected chi connectivity index (χ2v) is 5.54. The predicted octanol–water partition coefficient (Wildman–Crippen LogP) is 3.81. The first-order valence-electron chi connectivity index (χ1n) is 6.81. The molecule has 2 aromatic carbocycles. The molecule has 0 saturated carbocycles. The molecule has 0 fully saturated rings. The van der Waals surface area contributed by atoms with Crippen LogP contribution in [-0.4, -0.2) is 7.11 Å². The van der Waals surface area contributed by atoms with Crippen LogP contribution in [0.1, 0.15) is 34.2 Å². The van der Waals surface area contributed by atoms with Crippen molar-refractivity contribution in [1.82, 2.24) is 0 Å². The van der Waals surface area contributed by atoms with Crippen LogP contribution in [0.25, 0.3) is 0 Å². The zero-order valence-electron chi connectivity index (χ0n) is 11.2. The maximum atomic E-state index is 5.42. The van der Waals surface area contributed by atoms with Gasteiger partial charge in [0.05, 0.1) is 13.2 Å². The van der Waals surface area contributed by atoms with Crippen molar-refractivity contribution in [3.8, 4) is 5.75 Å². The molecule has 2 nitrogen and oxygen atoms in total. The van der Waals surface area contributed by atoms with Gasteiger partial charge in [0.2, 0.25) is 0 Å². The Labute approximate surface area is 113 Å². The second kappa shape index (κ2) is 3.77. The van der Waals surface area contributed by atoms with Gasteiger partial charge in [0.1, 0.15) is 5.75 Å². The van der Waals surface area contributed by atoms with Gasteiger partial charge in [-0.15, -0.1) is 0 Å². The number of hydrogen-bond donors (Lipinski definition) is 1. The van der Waals surface area contributed by atoms with Gasteiger partial charge in [0.25, 0.3) is 0 Å². The van der Waals surface area contributed by atoms with Gasteiger partial charge >= 0.3 is 0 Å². The van der Waals surface area contributed by atoms with E-state index < -0.39 is 0 Å². The molecule has 96 valence electrons. The van der Waals surface area contributed by atoms with Crippen LogP contribution in [-0.2, 0) is 6.42 Å². The van der Waals surface area contributed by atoms with E-state index in [2.05, 4.69) is 48.6 Å². The Morgan fingerprint density at radius 3 is 2.84 bits per heavy atom. The molecule has 19 heavy (non-hydrogen) atoms. The van der Waals surface area contributed by atoms with Gasteiger partial charge in [-0.05, 0) is 47.7 Å². The minimum absolute atomic E-state index is 0.442. The highest BCUT2D eigenvalue weighted by atomic mass is 16.5. The fourth-order valence-electron chi connectivity index (χ4n) is 3.61. The summed E-state index contributed by atoms with van der Waals surface area (Å²) in [6, 6.07) is 13.5. The lowest BCUT2D eigenvalue weighted by Crippen LogP contribution is -2.05. The predicted molar refractivity (Wildman–Crippen MR) is 77.0 cm³/mol. The van der Waals surface area contributed by atoms with Gasteiger partial charge in [-0.2, -0.15) is 0 Å². The molecule has 0 spiro atoms. The van der Waals surface area contributed by atoms with Crippen LogP contribution < -0.4 is 10.1 Å². The maximum absolute atomic E-state index is 5.42. The first kappa shape index (κ1) is 10.9. The summed E-state index contributed by atoms with van der Waals surface area (Å²) in [6.45, 7) is 2.15. The van der Waals surface area contributed by atoms with Crippen molar-refractivity contribution in [3.63, 3.8) is 0 Å². The van der Waals surface area contributed by atoms with Crippen molar-refractivity contribution in [1.29, 1.82) is 0 Å². The van der Waals surface area contributed by atoms with Crippen molar-refractivity contribution in [2.24, 2.45) is 0 Å². The third kappa shape index (κ3) is 1.43. The van der Waals surface area contributed by atoms with Crippen molar-refractivity contribution >= 4 is 5.69 Å². The fraction of sp³-hybridized carbons (Fsp3) is 0.294. The molecule has 1 aliphatic heterocycles. The molecule has 1 N–H and O–H groups in total. The quantitative estimate of drug-likeness (QED) is 0.832. The third-order valence-electron chi connectivity index (χ3n) is 4.51. The van der Waals surface area contributed by atoms with Crippen LogP contribution in [0.5, 0.6) is 5.75 Å². The first-order chi connectivity index (χ1) is 9.28. The molecule has 0 aromatic heterocycles. The minimum Gasteiger partial charge on any atom is -0.497 e. The monoisotopic (exact) mass is 251 g/mol. The lowest BCUT2D eigenvalue weighted by Gasteiger charge is -2.12. The number of rotatable bonds is 1. The molecule has 1 aliphatic carbocycles. The molecule has 1 heterocycles. The lowest BCUT2D eigenvalue weighted by molar-refractivity contribution is 0.414. The van der Waals surface area contributed by atoms with Crippen molar-refractivity contribution in [2.45, 2.75) is 25.3 Å². The smallest absolute Gasteiger partial charge is 0.119 e. The molecule has 4 rings (SSSR count). The Kier molecular flexibility index (Phi) is 2.16. The van der Waals surface area contributed by atoms with E-state index in [1.807, 2.05) is 0 Å². The number of ether oxygens (including phenoxy) is 1. The zero-order valence-corrected chi connectivity index (χ0v) is 11.2. The largest absolute Gasteiger partial charge is 0.497 e. The number of nitrogens with one attached hydrogen (secondary N) is 1. The van der Waals surface area contributed by atoms with E-state index in [0.29, 0.717) is 12.0 Å². The summed E-state index contributed by atoms with van der Waals surface area (Å²) in [5.41, 5.74) is 6.95. The summed E-state index contributed by atoms with van der Waals surface area (Å²) in [6.07, 6.45) is 1.13. The van der Waals surface area contributed by atoms with Crippen LogP contribution >= 0.6 is 0 Å². The van der Waals surface area contributed by atoms with Gasteiger partial charge in [0.15, 0.2) is 0 Å². The average molecular weight is 251 g/mol. The average Bonchev–Trinajstić information content (AvgIpc) is 2.95. The van der Waals surface area contributed by atoms with E-state index in [4.69, 9.17) is 4.74 Å². The normalized spacial score (nSPS) is 22.4. The summed E-state index contributed by atoms with van der Waals surface area (Å²) >= 11 is 0. The second-order valence-electron chi connectivity index (χ2n) is 5.54. The van der Waals surface area contributed by atoms with E-state index in [0.717, 1.165) is 12.2 Å². The number of anilines is 1. The topological polar surface area (TPSA) is 21.3 Å². The highest BCUT2D eigenvalue weighted by Gasteiger charge is 2.40. The summed E-state index contributed by atoms with van der Waals surface area (Å²) in [4.78, 5) is 0. The minimum atomic E-state index is 0.442. The van der Waals surface area contributed by atoms with Gasteiger partial charge in [-0.3, -0.25) is 0 Å². The summed E-state index contributed by atoms with van der Waals surface area (Å²) in [5, 5.41) is 3.72. The highest BCUT2D eigenvalue weighted by molar-refractivity contribution is 5.69. The Balaban J connectivity index is 1.84. The number of aryl methyl sites for hydroxylation is 1. The molecule has 2 unspecified atom stereocenters. The summed E-state index contributed by atoms with van der Waals surface area (Å²) < 4.78 is 5.42. The van der Waals surface area contributed by atoms with Gasteiger partial charge in [-0.25, -0.2) is 0 Å². The zero-order chi connectivity index (χ0) is 13.0. The number of hydrogen-bond acceptors (Lipinski definition) is 2. The summed E-state index contributed by atoms with van der Waals surface area (Å²) in [5.74, 6) is 1.52. The summed E-state index contributed by atoms with van der Waals surface area (Å²) in [7, 11) is 1.74. The van der Waals surface area contributed by atoms with Gasteiger partial charge in [-0.1, -0.05) is 24.3 Å². The van der Waals surface area contributed by atoms with Gasteiger partial charge in [0, 0.05) is 11.6 Å². The molecule has 0 amide bonds. The molecular formula is C17H17NO. The number of methoxy groups -OCH3 is 1. The highest BCUT2D eigenvalue weighted by Crippen LogP contribution is 2.53. The molecule has 0 saturated heterocycles. The molecule has 2 aliphatic rings. The standard InChI is InChI=1S/C17H17NO/c1-10-7-12(19-2)9-15-14-8-11-5-3-4-6-13(11)17(14)18-16(10)15/h3-7,9,14,17-18H,8H2,1-2H3. The first-order valence-corrected chi connectivity index (χ1v) is 6.81. The molecule has 2 atom stereocenters. The van der Waals surface area contributed by atoms with Crippen molar-refractivity contribution < 1.29 is 4.74 Å².